The summed E-state index contributed by atoms with van der Waals surface area (Å²) in [5, 5.41) is 21.8. The monoisotopic (exact) mass is 334 g/mol. The Morgan fingerprint density at radius 2 is 2.11 bits per heavy atom. The minimum atomic E-state index is -1.28. The van der Waals surface area contributed by atoms with E-state index in [1.165, 1.54) is 12.1 Å². The van der Waals surface area contributed by atoms with Crippen LogP contribution in [-0.4, -0.2) is 34.9 Å². The third-order valence-electron chi connectivity index (χ3n) is 2.22. The number of hydrogen-bond acceptors (Lipinski definition) is 3. The average Bonchev–Trinajstić information content (AvgIpc) is 2.33. The van der Waals surface area contributed by atoms with Crippen molar-refractivity contribution in [1.29, 1.82) is 0 Å². The summed E-state index contributed by atoms with van der Waals surface area (Å²) in [6.45, 7) is -0.388. The predicted molar refractivity (Wildman–Crippen MR) is 69.4 cm³/mol. The van der Waals surface area contributed by atoms with Gasteiger partial charge in [-0.15, -0.1) is 0 Å². The van der Waals surface area contributed by atoms with Gasteiger partial charge in [0, 0.05) is 17.5 Å². The zero-order valence-corrected chi connectivity index (χ0v) is 11.3. The van der Waals surface area contributed by atoms with Gasteiger partial charge >= 0.3 is 12.0 Å². The van der Waals surface area contributed by atoms with Gasteiger partial charge in [-0.2, -0.15) is 0 Å². The fourth-order valence-electron chi connectivity index (χ4n) is 1.31. The van der Waals surface area contributed by atoms with Crippen LogP contribution in [0.15, 0.2) is 22.7 Å². The number of anilines is 1. The van der Waals surface area contributed by atoms with Crippen LogP contribution in [0.1, 0.15) is 6.42 Å². The Morgan fingerprint density at radius 3 is 2.63 bits per heavy atom. The van der Waals surface area contributed by atoms with Gasteiger partial charge in [0.2, 0.25) is 0 Å². The molecule has 8 heteroatoms. The fraction of sp³-hybridized carbons (Fsp3) is 0.273. The molecule has 0 saturated heterocycles. The molecule has 104 valence electrons. The molecule has 0 aliphatic heterocycles. The zero-order chi connectivity index (χ0) is 14.4. The first-order chi connectivity index (χ1) is 8.95. The number of benzene rings is 1. The second-order valence-electron chi connectivity index (χ2n) is 3.60. The van der Waals surface area contributed by atoms with Gasteiger partial charge in [-0.05, 0) is 28.1 Å². The van der Waals surface area contributed by atoms with E-state index in [0.29, 0.717) is 4.47 Å². The molecule has 0 bridgehead atoms. The topological polar surface area (TPSA) is 98.7 Å². The first-order valence-corrected chi connectivity index (χ1v) is 6.10. The minimum absolute atomic E-state index is 0.0897. The molecule has 1 rings (SSSR count). The van der Waals surface area contributed by atoms with Crippen LogP contribution in [0.25, 0.3) is 0 Å². The van der Waals surface area contributed by atoms with Gasteiger partial charge in [-0.25, -0.2) is 14.0 Å². The van der Waals surface area contributed by atoms with E-state index in [9.17, 15) is 14.0 Å². The maximum atomic E-state index is 13.4. The number of aliphatic hydroxyl groups is 1. The molecule has 0 aliphatic carbocycles. The van der Waals surface area contributed by atoms with Crippen molar-refractivity contribution in [1.82, 2.24) is 5.32 Å². The van der Waals surface area contributed by atoms with Crippen LogP contribution in [-0.2, 0) is 4.79 Å². The van der Waals surface area contributed by atoms with Crippen molar-refractivity contribution < 1.29 is 24.2 Å². The van der Waals surface area contributed by atoms with Crippen LogP contribution in [0.2, 0.25) is 0 Å². The van der Waals surface area contributed by atoms with Gasteiger partial charge in [0.15, 0.2) is 0 Å². The standard InChI is InChI=1S/C11H12BrFN2O4/c12-6-2-1-3-7(13)9(6)15-11(19)14-8(4-5-16)10(17)18/h1-3,8,16H,4-5H2,(H,17,18)(H2,14,15,19)/t8-/m1/s1. The number of aliphatic carboxylic acids is 1. The summed E-state index contributed by atoms with van der Waals surface area (Å²) >= 11 is 3.06. The number of carboxylic acid groups (broad SMARTS) is 1. The molecule has 1 aromatic carbocycles. The minimum Gasteiger partial charge on any atom is -0.480 e. The Bertz CT molecular complexity index is 464. The Kier molecular flexibility index (Phi) is 5.71. The van der Waals surface area contributed by atoms with Crippen LogP contribution in [0.4, 0.5) is 14.9 Å². The maximum absolute atomic E-state index is 13.4. The highest BCUT2D eigenvalue weighted by Gasteiger charge is 2.20. The lowest BCUT2D eigenvalue weighted by atomic mass is 10.2. The van der Waals surface area contributed by atoms with E-state index in [2.05, 4.69) is 26.6 Å². The maximum Gasteiger partial charge on any atom is 0.326 e. The lowest BCUT2D eigenvalue weighted by Gasteiger charge is -2.14. The van der Waals surface area contributed by atoms with E-state index in [0.717, 1.165) is 6.07 Å². The van der Waals surface area contributed by atoms with Crippen molar-refractivity contribution >= 4 is 33.6 Å². The van der Waals surface area contributed by atoms with Gasteiger partial charge in [-0.3, -0.25) is 0 Å². The predicted octanol–water partition coefficient (Wildman–Crippen LogP) is 1.55. The molecule has 1 atom stereocenters. The second-order valence-corrected chi connectivity index (χ2v) is 4.45. The Balaban J connectivity index is 2.72. The molecule has 4 N–H and O–H groups in total. The van der Waals surface area contributed by atoms with Crippen molar-refractivity contribution in [2.75, 3.05) is 11.9 Å². The molecule has 19 heavy (non-hydrogen) atoms. The summed E-state index contributed by atoms with van der Waals surface area (Å²) in [6, 6.07) is 2.03. The van der Waals surface area contributed by atoms with Crippen molar-refractivity contribution in [3.8, 4) is 0 Å². The number of halogens is 2. The van der Waals surface area contributed by atoms with Crippen LogP contribution in [0, 0.1) is 5.82 Å². The van der Waals surface area contributed by atoms with Gasteiger partial charge in [0.1, 0.15) is 11.9 Å². The number of urea groups is 1. The lowest BCUT2D eigenvalue weighted by Crippen LogP contribution is -2.43. The summed E-state index contributed by atoms with van der Waals surface area (Å²) in [7, 11) is 0. The van der Waals surface area contributed by atoms with Crippen molar-refractivity contribution in [2.45, 2.75) is 12.5 Å². The number of carbonyl (C=O) groups is 2. The van der Waals surface area contributed by atoms with E-state index in [1.54, 1.807) is 0 Å². The molecule has 6 nitrogen and oxygen atoms in total. The third-order valence-corrected chi connectivity index (χ3v) is 2.88. The molecule has 0 fully saturated rings. The molecular weight excluding hydrogens is 323 g/mol. The smallest absolute Gasteiger partial charge is 0.326 e. The molecule has 0 saturated carbocycles. The Morgan fingerprint density at radius 1 is 1.42 bits per heavy atom. The molecule has 0 aromatic heterocycles. The number of carbonyl (C=O) groups excluding carboxylic acids is 1. The highest BCUT2D eigenvalue weighted by molar-refractivity contribution is 9.10. The van der Waals surface area contributed by atoms with Gasteiger partial charge < -0.3 is 20.8 Å². The van der Waals surface area contributed by atoms with Crippen LogP contribution in [0.5, 0.6) is 0 Å². The highest BCUT2D eigenvalue weighted by Crippen LogP contribution is 2.24. The number of carboxylic acids is 1. The number of hydrogen-bond donors (Lipinski definition) is 4. The van der Waals surface area contributed by atoms with Crippen molar-refractivity contribution in [3.05, 3.63) is 28.5 Å². The first kappa shape index (κ1) is 15.4. The van der Waals surface area contributed by atoms with Gasteiger partial charge in [0.25, 0.3) is 0 Å². The molecule has 2 amide bonds. The van der Waals surface area contributed by atoms with E-state index in [1.807, 2.05) is 0 Å². The lowest BCUT2D eigenvalue weighted by molar-refractivity contribution is -0.139. The van der Waals surface area contributed by atoms with Gasteiger partial charge in [-0.1, -0.05) is 6.07 Å². The molecular formula is C11H12BrFN2O4. The van der Waals surface area contributed by atoms with Crippen molar-refractivity contribution in [3.63, 3.8) is 0 Å². The van der Waals surface area contributed by atoms with Crippen LogP contribution in [0.3, 0.4) is 0 Å². The normalized spacial score (nSPS) is 11.7. The Hall–Kier alpha value is -1.67. The number of amides is 2. The summed E-state index contributed by atoms with van der Waals surface area (Å²) in [5.74, 6) is -1.93. The first-order valence-electron chi connectivity index (χ1n) is 5.31. The Labute approximate surface area is 116 Å². The number of rotatable bonds is 5. The summed E-state index contributed by atoms with van der Waals surface area (Å²) < 4.78 is 13.8. The largest absolute Gasteiger partial charge is 0.480 e. The van der Waals surface area contributed by atoms with Crippen LogP contribution < -0.4 is 10.6 Å². The molecule has 0 heterocycles. The molecule has 0 aliphatic rings. The number of aliphatic hydroxyl groups excluding tert-OH is 1. The molecule has 0 unspecified atom stereocenters. The fourth-order valence-corrected chi connectivity index (χ4v) is 1.75. The number of nitrogens with one attached hydrogen (secondary N) is 2. The quantitative estimate of drug-likeness (QED) is 0.656. The molecule has 0 spiro atoms. The summed E-state index contributed by atoms with van der Waals surface area (Å²) in [6.07, 6.45) is -0.138. The highest BCUT2D eigenvalue weighted by atomic mass is 79.9. The summed E-state index contributed by atoms with van der Waals surface area (Å²) in [4.78, 5) is 22.3. The number of para-hydroxylation sites is 1. The van der Waals surface area contributed by atoms with E-state index < -0.39 is 23.9 Å². The molecule has 0 radical (unpaired) electrons. The second kappa shape index (κ2) is 7.05. The van der Waals surface area contributed by atoms with E-state index in [-0.39, 0.29) is 18.7 Å². The van der Waals surface area contributed by atoms with E-state index >= 15 is 0 Å². The van der Waals surface area contributed by atoms with Crippen LogP contribution >= 0.6 is 15.9 Å². The molecule has 1 aromatic rings. The van der Waals surface area contributed by atoms with Crippen molar-refractivity contribution in [2.24, 2.45) is 0 Å². The zero-order valence-electron chi connectivity index (χ0n) is 9.69. The average molecular weight is 335 g/mol. The van der Waals surface area contributed by atoms with Gasteiger partial charge in [0.05, 0.1) is 5.69 Å². The third kappa shape index (κ3) is 4.49. The van der Waals surface area contributed by atoms with E-state index in [4.69, 9.17) is 10.2 Å². The summed E-state index contributed by atoms with van der Waals surface area (Å²) in [5.41, 5.74) is -0.0897. The SMILES string of the molecule is O=C(Nc1c(F)cccc1Br)N[C@H](CCO)C(=O)O.